The van der Waals surface area contributed by atoms with Crippen LogP contribution in [0.5, 0.6) is 0 Å². The minimum absolute atomic E-state index is 0.818. The molecule has 80 valence electrons. The van der Waals surface area contributed by atoms with Crippen molar-refractivity contribution in [3.05, 3.63) is 24.7 Å². The molecule has 3 aromatic heterocycles. The van der Waals surface area contributed by atoms with E-state index in [-0.39, 0.29) is 0 Å². The Balaban J connectivity index is 2.21. The lowest BCUT2D eigenvalue weighted by Crippen LogP contribution is -1.92. The molecule has 3 heterocycles. The number of hydrogen-bond donors (Lipinski definition) is 0. The minimum atomic E-state index is 0.818. The van der Waals surface area contributed by atoms with E-state index in [1.807, 2.05) is 13.1 Å². The van der Waals surface area contributed by atoms with E-state index in [0.29, 0.717) is 0 Å². The first-order chi connectivity index (χ1) is 7.74. The number of nitrogens with zero attached hydrogens (tertiary/aromatic N) is 6. The lowest BCUT2D eigenvalue weighted by atomic mass is 10.2. The van der Waals surface area contributed by atoms with Crippen molar-refractivity contribution in [3.63, 3.8) is 0 Å². The molecule has 0 aliphatic carbocycles. The van der Waals surface area contributed by atoms with Crippen molar-refractivity contribution in [1.29, 1.82) is 0 Å². The van der Waals surface area contributed by atoms with Crippen LogP contribution < -0.4 is 0 Å². The SMILES string of the molecule is Cn1ncc(-c2cnc3cnn(C)c3c2)n1. The summed E-state index contributed by atoms with van der Waals surface area (Å²) in [4.78, 5) is 5.86. The van der Waals surface area contributed by atoms with E-state index in [2.05, 4.69) is 20.3 Å². The van der Waals surface area contributed by atoms with Gasteiger partial charge in [-0.15, -0.1) is 0 Å². The topological polar surface area (TPSA) is 61.4 Å². The second-order valence-electron chi connectivity index (χ2n) is 3.62. The van der Waals surface area contributed by atoms with E-state index in [9.17, 15) is 0 Å². The Labute approximate surface area is 91.5 Å². The number of aromatic nitrogens is 6. The number of rotatable bonds is 1. The molecule has 0 N–H and O–H groups in total. The smallest absolute Gasteiger partial charge is 0.114 e. The van der Waals surface area contributed by atoms with Gasteiger partial charge in [-0.2, -0.15) is 20.1 Å². The molecule has 0 fully saturated rings. The van der Waals surface area contributed by atoms with Crippen molar-refractivity contribution < 1.29 is 0 Å². The molecule has 0 radical (unpaired) electrons. The average Bonchev–Trinajstić information content (AvgIpc) is 2.86. The highest BCUT2D eigenvalue weighted by molar-refractivity contribution is 5.79. The van der Waals surface area contributed by atoms with Crippen LogP contribution in [0.25, 0.3) is 22.3 Å². The van der Waals surface area contributed by atoms with Crippen LogP contribution >= 0.6 is 0 Å². The highest BCUT2D eigenvalue weighted by atomic mass is 15.4. The third-order valence-electron chi connectivity index (χ3n) is 2.49. The van der Waals surface area contributed by atoms with Gasteiger partial charge in [0.1, 0.15) is 11.2 Å². The molecule has 0 saturated heterocycles. The summed E-state index contributed by atoms with van der Waals surface area (Å²) in [6.07, 6.45) is 5.25. The van der Waals surface area contributed by atoms with Crippen LogP contribution in [0.1, 0.15) is 0 Å². The summed E-state index contributed by atoms with van der Waals surface area (Å²) in [5.74, 6) is 0. The number of fused-ring (bicyclic) bond motifs is 1. The van der Waals surface area contributed by atoms with E-state index in [1.165, 1.54) is 4.80 Å². The maximum absolute atomic E-state index is 4.33. The quantitative estimate of drug-likeness (QED) is 0.600. The first kappa shape index (κ1) is 9.02. The van der Waals surface area contributed by atoms with Gasteiger partial charge in [0.15, 0.2) is 0 Å². The van der Waals surface area contributed by atoms with Crippen LogP contribution in [0.15, 0.2) is 24.7 Å². The van der Waals surface area contributed by atoms with Gasteiger partial charge in [-0.25, -0.2) is 0 Å². The van der Waals surface area contributed by atoms with Gasteiger partial charge in [0.25, 0.3) is 0 Å². The average molecular weight is 214 g/mol. The predicted molar refractivity (Wildman–Crippen MR) is 58.5 cm³/mol. The molecule has 16 heavy (non-hydrogen) atoms. The highest BCUT2D eigenvalue weighted by Crippen LogP contribution is 2.19. The summed E-state index contributed by atoms with van der Waals surface area (Å²) in [5, 5.41) is 12.4. The first-order valence-electron chi connectivity index (χ1n) is 4.88. The molecule has 6 heteroatoms. The highest BCUT2D eigenvalue weighted by Gasteiger charge is 2.06. The zero-order valence-corrected chi connectivity index (χ0v) is 8.99. The Bertz CT molecular complexity index is 650. The molecule has 0 bridgehead atoms. The van der Waals surface area contributed by atoms with Crippen molar-refractivity contribution in [1.82, 2.24) is 29.8 Å². The minimum Gasteiger partial charge on any atom is -0.266 e. The van der Waals surface area contributed by atoms with Gasteiger partial charge in [-0.3, -0.25) is 9.67 Å². The Morgan fingerprint density at radius 1 is 1.06 bits per heavy atom. The lowest BCUT2D eigenvalue weighted by Gasteiger charge is -1.97. The summed E-state index contributed by atoms with van der Waals surface area (Å²) in [7, 11) is 3.68. The van der Waals surface area contributed by atoms with Crippen molar-refractivity contribution >= 4 is 11.0 Å². The zero-order valence-electron chi connectivity index (χ0n) is 8.99. The summed E-state index contributed by atoms with van der Waals surface area (Å²) < 4.78 is 1.79. The zero-order chi connectivity index (χ0) is 11.1. The van der Waals surface area contributed by atoms with Gasteiger partial charge in [0, 0.05) is 25.9 Å². The van der Waals surface area contributed by atoms with Gasteiger partial charge in [-0.05, 0) is 6.07 Å². The van der Waals surface area contributed by atoms with Crippen LogP contribution in [-0.2, 0) is 14.1 Å². The third kappa shape index (κ3) is 1.27. The Kier molecular flexibility index (Phi) is 1.76. The van der Waals surface area contributed by atoms with Crippen molar-refractivity contribution in [2.45, 2.75) is 0 Å². The molecule has 0 amide bonds. The van der Waals surface area contributed by atoms with Crippen molar-refractivity contribution in [3.8, 4) is 11.3 Å². The standard InChI is InChI=1S/C10H10N6/c1-15-10-3-7(4-11-9(10)6-12-15)8-5-13-16(2)14-8/h3-6H,1-2H3. The molecule has 0 unspecified atom stereocenters. The molecule has 3 aromatic rings. The third-order valence-corrected chi connectivity index (χ3v) is 2.49. The molecule has 6 nitrogen and oxygen atoms in total. The fourth-order valence-corrected chi connectivity index (χ4v) is 1.64. The predicted octanol–water partition coefficient (Wildman–Crippen LogP) is 0.764. The van der Waals surface area contributed by atoms with Crippen LogP contribution in [0.3, 0.4) is 0 Å². The molecule has 0 atom stereocenters. The van der Waals surface area contributed by atoms with Gasteiger partial charge in [0.05, 0.1) is 17.9 Å². The molecule has 0 aliphatic heterocycles. The van der Waals surface area contributed by atoms with Crippen LogP contribution in [0, 0.1) is 0 Å². The first-order valence-corrected chi connectivity index (χ1v) is 4.88. The molecule has 3 rings (SSSR count). The number of aryl methyl sites for hydroxylation is 2. The Morgan fingerprint density at radius 2 is 1.94 bits per heavy atom. The maximum atomic E-state index is 4.33. The summed E-state index contributed by atoms with van der Waals surface area (Å²) in [6, 6.07) is 2.01. The molecule has 0 aliphatic rings. The molecule has 0 aromatic carbocycles. The van der Waals surface area contributed by atoms with Gasteiger partial charge in [0.2, 0.25) is 0 Å². The second-order valence-corrected chi connectivity index (χ2v) is 3.62. The molecule has 0 spiro atoms. The molecular weight excluding hydrogens is 204 g/mol. The fourth-order valence-electron chi connectivity index (χ4n) is 1.64. The fraction of sp³-hybridized carbons (Fsp3) is 0.200. The molecular formula is C10H10N6. The maximum Gasteiger partial charge on any atom is 0.114 e. The lowest BCUT2D eigenvalue weighted by molar-refractivity contribution is 0.655. The van der Waals surface area contributed by atoms with Gasteiger partial charge in [-0.1, -0.05) is 0 Å². The normalized spacial score (nSPS) is 11.1. The van der Waals surface area contributed by atoms with Crippen LogP contribution in [-0.4, -0.2) is 29.8 Å². The summed E-state index contributed by atoms with van der Waals surface area (Å²) in [5.41, 5.74) is 3.64. The molecule has 0 saturated carbocycles. The second kappa shape index (κ2) is 3.13. The largest absolute Gasteiger partial charge is 0.266 e. The number of hydrogen-bond acceptors (Lipinski definition) is 4. The van der Waals surface area contributed by atoms with Gasteiger partial charge >= 0.3 is 0 Å². The monoisotopic (exact) mass is 214 g/mol. The van der Waals surface area contributed by atoms with E-state index >= 15 is 0 Å². The summed E-state index contributed by atoms with van der Waals surface area (Å²) in [6.45, 7) is 0. The Hall–Kier alpha value is -2.24. The van der Waals surface area contributed by atoms with Crippen LogP contribution in [0.4, 0.5) is 0 Å². The Morgan fingerprint density at radius 3 is 2.69 bits per heavy atom. The van der Waals surface area contributed by atoms with Gasteiger partial charge < -0.3 is 0 Å². The van der Waals surface area contributed by atoms with E-state index in [1.54, 1.807) is 30.3 Å². The van der Waals surface area contributed by atoms with E-state index < -0.39 is 0 Å². The van der Waals surface area contributed by atoms with E-state index in [4.69, 9.17) is 0 Å². The number of pyridine rings is 1. The van der Waals surface area contributed by atoms with Crippen molar-refractivity contribution in [2.24, 2.45) is 14.1 Å². The van der Waals surface area contributed by atoms with E-state index in [0.717, 1.165) is 22.3 Å². The van der Waals surface area contributed by atoms with Crippen molar-refractivity contribution in [2.75, 3.05) is 0 Å². The summed E-state index contributed by atoms with van der Waals surface area (Å²) >= 11 is 0. The van der Waals surface area contributed by atoms with Crippen LogP contribution in [0.2, 0.25) is 0 Å².